The molecule has 0 saturated heterocycles. The summed E-state index contributed by atoms with van der Waals surface area (Å²) in [6.07, 6.45) is 0. The molecule has 0 bridgehead atoms. The number of aryl methyl sites for hydroxylation is 1. The predicted molar refractivity (Wildman–Crippen MR) is 72.0 cm³/mol. The Balaban J connectivity index is 2.23. The average Bonchev–Trinajstić information content (AvgIpc) is 2.70. The first-order valence-electron chi connectivity index (χ1n) is 5.52. The number of phenols is 1. The van der Waals surface area contributed by atoms with Gasteiger partial charge >= 0.3 is 5.97 Å². The molecule has 1 heterocycles. The number of thiophene rings is 1. The minimum absolute atomic E-state index is 0.0886. The molecule has 0 aliphatic heterocycles. The van der Waals surface area contributed by atoms with Crippen molar-refractivity contribution in [3.05, 3.63) is 46.1 Å². The summed E-state index contributed by atoms with van der Waals surface area (Å²) in [7, 11) is 0. The van der Waals surface area contributed by atoms with Gasteiger partial charge in [-0.05, 0) is 30.7 Å². The van der Waals surface area contributed by atoms with E-state index >= 15 is 0 Å². The van der Waals surface area contributed by atoms with Gasteiger partial charge in [-0.3, -0.25) is 4.79 Å². The van der Waals surface area contributed by atoms with Crippen LogP contribution in [-0.4, -0.2) is 22.1 Å². The van der Waals surface area contributed by atoms with Gasteiger partial charge in [0.1, 0.15) is 16.4 Å². The number of benzene rings is 1. The zero-order valence-corrected chi connectivity index (χ0v) is 11.1. The summed E-state index contributed by atoms with van der Waals surface area (Å²) in [5.41, 5.74) is 0.440. The van der Waals surface area contributed by atoms with Crippen molar-refractivity contribution >= 4 is 28.2 Å². The summed E-state index contributed by atoms with van der Waals surface area (Å²) in [6, 6.07) is 4.55. The smallest absolute Gasteiger partial charge is 0.346 e. The molecule has 0 radical (unpaired) electrons. The number of phenolic OH excluding ortho intramolecular Hbond substituents is 1. The molecule has 1 aromatic carbocycles. The lowest BCUT2D eigenvalue weighted by Gasteiger charge is -2.04. The van der Waals surface area contributed by atoms with Gasteiger partial charge in [-0.25, -0.2) is 9.18 Å². The van der Waals surface area contributed by atoms with E-state index in [1.165, 1.54) is 6.07 Å². The number of anilines is 1. The van der Waals surface area contributed by atoms with E-state index in [2.05, 4.69) is 5.32 Å². The molecular formula is C13H10FNO4S. The van der Waals surface area contributed by atoms with Gasteiger partial charge in [0, 0.05) is 6.07 Å². The van der Waals surface area contributed by atoms with Crippen LogP contribution in [-0.2, 0) is 0 Å². The highest BCUT2D eigenvalue weighted by Gasteiger charge is 2.16. The van der Waals surface area contributed by atoms with Crippen LogP contribution in [0, 0.1) is 12.7 Å². The summed E-state index contributed by atoms with van der Waals surface area (Å²) in [4.78, 5) is 22.9. The molecule has 5 nitrogen and oxygen atoms in total. The monoisotopic (exact) mass is 295 g/mol. The first-order valence-corrected chi connectivity index (χ1v) is 6.33. The van der Waals surface area contributed by atoms with Crippen LogP contribution < -0.4 is 5.32 Å². The van der Waals surface area contributed by atoms with E-state index in [1.807, 2.05) is 0 Å². The number of carboxylic acids is 1. The van der Waals surface area contributed by atoms with Crippen LogP contribution in [0.5, 0.6) is 5.75 Å². The van der Waals surface area contributed by atoms with E-state index in [9.17, 15) is 19.1 Å². The van der Waals surface area contributed by atoms with Gasteiger partial charge < -0.3 is 15.5 Å². The molecule has 0 atom stereocenters. The number of nitrogens with one attached hydrogen (secondary N) is 1. The van der Waals surface area contributed by atoms with Gasteiger partial charge in [-0.15, -0.1) is 11.3 Å². The highest BCUT2D eigenvalue weighted by molar-refractivity contribution is 7.18. The predicted octanol–water partition coefficient (Wildman–Crippen LogP) is 2.85. The largest absolute Gasteiger partial charge is 0.507 e. The fraction of sp³-hybridized carbons (Fsp3) is 0.0769. The minimum atomic E-state index is -1.07. The Morgan fingerprint density at radius 1 is 1.30 bits per heavy atom. The lowest BCUT2D eigenvalue weighted by molar-refractivity contribution is 0.0701. The number of hydrogen-bond donors (Lipinski definition) is 3. The van der Waals surface area contributed by atoms with Gasteiger partial charge in [0.25, 0.3) is 5.91 Å². The second-order valence-corrected chi connectivity index (χ2v) is 5.10. The topological polar surface area (TPSA) is 86.6 Å². The SMILES string of the molecule is Cc1cc(NC(=O)c2ccc(F)cc2O)sc1C(=O)O. The summed E-state index contributed by atoms with van der Waals surface area (Å²) in [5.74, 6) is -2.84. The molecule has 104 valence electrons. The molecule has 0 saturated carbocycles. The van der Waals surface area contributed by atoms with Crippen LogP contribution in [0.4, 0.5) is 9.39 Å². The second-order valence-electron chi connectivity index (χ2n) is 4.04. The summed E-state index contributed by atoms with van der Waals surface area (Å²) >= 11 is 0.912. The van der Waals surface area contributed by atoms with Crippen molar-refractivity contribution in [1.82, 2.24) is 0 Å². The first kappa shape index (κ1) is 14.0. The van der Waals surface area contributed by atoms with E-state index < -0.39 is 23.4 Å². The van der Waals surface area contributed by atoms with E-state index in [1.54, 1.807) is 6.92 Å². The second kappa shape index (κ2) is 5.30. The molecule has 1 amide bonds. The number of hydrogen-bond acceptors (Lipinski definition) is 4. The Labute approximate surface area is 117 Å². The van der Waals surface area contributed by atoms with Crippen molar-refractivity contribution < 1.29 is 24.2 Å². The molecule has 0 unspecified atom stereocenters. The quantitative estimate of drug-likeness (QED) is 0.812. The molecule has 0 spiro atoms. The van der Waals surface area contributed by atoms with Gasteiger partial charge in [-0.1, -0.05) is 0 Å². The Morgan fingerprint density at radius 2 is 2.00 bits per heavy atom. The normalized spacial score (nSPS) is 10.3. The van der Waals surface area contributed by atoms with Crippen molar-refractivity contribution in [3.8, 4) is 5.75 Å². The lowest BCUT2D eigenvalue weighted by Crippen LogP contribution is -2.11. The number of amides is 1. The van der Waals surface area contributed by atoms with Crippen LogP contribution in [0.2, 0.25) is 0 Å². The van der Waals surface area contributed by atoms with Crippen molar-refractivity contribution in [3.63, 3.8) is 0 Å². The highest BCUT2D eigenvalue weighted by atomic mass is 32.1. The summed E-state index contributed by atoms with van der Waals surface area (Å²) in [6.45, 7) is 1.62. The van der Waals surface area contributed by atoms with Crippen LogP contribution in [0.3, 0.4) is 0 Å². The number of halogens is 1. The van der Waals surface area contributed by atoms with Crippen molar-refractivity contribution in [1.29, 1.82) is 0 Å². The Bertz CT molecular complexity index is 696. The van der Waals surface area contributed by atoms with Gasteiger partial charge in [0.15, 0.2) is 0 Å². The van der Waals surface area contributed by atoms with E-state index in [0.717, 1.165) is 29.5 Å². The maximum absolute atomic E-state index is 12.8. The molecule has 0 aliphatic carbocycles. The van der Waals surface area contributed by atoms with Crippen LogP contribution in [0.25, 0.3) is 0 Å². The van der Waals surface area contributed by atoms with E-state index in [4.69, 9.17) is 5.11 Å². The fourth-order valence-corrected chi connectivity index (χ4v) is 2.54. The zero-order chi connectivity index (χ0) is 14.9. The van der Waals surface area contributed by atoms with Crippen molar-refractivity contribution in [2.24, 2.45) is 0 Å². The van der Waals surface area contributed by atoms with Crippen LogP contribution in [0.15, 0.2) is 24.3 Å². The Hall–Kier alpha value is -2.41. The number of carbonyl (C=O) groups is 2. The van der Waals surface area contributed by atoms with Gasteiger partial charge in [0.05, 0.1) is 10.6 Å². The van der Waals surface area contributed by atoms with E-state index in [-0.39, 0.29) is 10.4 Å². The third kappa shape index (κ3) is 2.77. The molecule has 0 fully saturated rings. The highest BCUT2D eigenvalue weighted by Crippen LogP contribution is 2.28. The first-order chi connectivity index (χ1) is 9.38. The number of aromatic carboxylic acids is 1. The van der Waals surface area contributed by atoms with Crippen molar-refractivity contribution in [2.75, 3.05) is 5.32 Å². The zero-order valence-electron chi connectivity index (χ0n) is 10.3. The third-order valence-corrected chi connectivity index (χ3v) is 3.69. The molecule has 20 heavy (non-hydrogen) atoms. The molecular weight excluding hydrogens is 285 g/mol. The maximum Gasteiger partial charge on any atom is 0.346 e. The number of carboxylic acid groups (broad SMARTS) is 1. The van der Waals surface area contributed by atoms with Crippen LogP contribution in [0.1, 0.15) is 25.6 Å². The number of carbonyl (C=O) groups excluding carboxylic acids is 1. The number of rotatable bonds is 3. The number of aromatic hydroxyl groups is 1. The Kier molecular flexibility index (Phi) is 3.71. The van der Waals surface area contributed by atoms with Gasteiger partial charge in [0.2, 0.25) is 0 Å². The molecule has 0 aliphatic rings. The van der Waals surface area contributed by atoms with Crippen LogP contribution >= 0.6 is 11.3 Å². The summed E-state index contributed by atoms with van der Waals surface area (Å²) < 4.78 is 12.8. The molecule has 7 heteroatoms. The lowest BCUT2D eigenvalue weighted by atomic mass is 10.2. The third-order valence-electron chi connectivity index (χ3n) is 2.55. The fourth-order valence-electron chi connectivity index (χ4n) is 1.63. The van der Waals surface area contributed by atoms with E-state index in [0.29, 0.717) is 10.6 Å². The summed E-state index contributed by atoms with van der Waals surface area (Å²) in [5, 5.41) is 21.2. The standard InChI is InChI=1S/C13H10FNO4S/c1-6-4-10(20-11(6)13(18)19)15-12(17)8-3-2-7(14)5-9(8)16/h2-5,16H,1H3,(H,15,17)(H,18,19). The Morgan fingerprint density at radius 3 is 2.55 bits per heavy atom. The average molecular weight is 295 g/mol. The van der Waals surface area contributed by atoms with Crippen molar-refractivity contribution in [2.45, 2.75) is 6.92 Å². The molecule has 2 aromatic rings. The molecule has 1 aromatic heterocycles. The maximum atomic E-state index is 12.8. The molecule has 2 rings (SSSR count). The van der Waals surface area contributed by atoms with Gasteiger partial charge in [-0.2, -0.15) is 0 Å². The molecule has 3 N–H and O–H groups in total. The minimum Gasteiger partial charge on any atom is -0.507 e.